The van der Waals surface area contributed by atoms with Gasteiger partial charge in [0, 0.05) is 0 Å². The number of ether oxygens (including phenoxy) is 1. The van der Waals surface area contributed by atoms with Gasteiger partial charge in [0.25, 0.3) is 0 Å². The molecule has 1 aliphatic rings. The van der Waals surface area contributed by atoms with E-state index in [1.54, 1.807) is 0 Å². The zero-order valence-electron chi connectivity index (χ0n) is 7.47. The second-order valence-electron chi connectivity index (χ2n) is 3.21. The molecule has 0 unspecified atom stereocenters. The highest BCUT2D eigenvalue weighted by Crippen LogP contribution is 2.20. The average molecular weight is 162 g/mol. The van der Waals surface area contributed by atoms with Crippen LogP contribution in [-0.2, 0) is 24.2 Å². The van der Waals surface area contributed by atoms with Gasteiger partial charge in [-0.1, -0.05) is 25.1 Å². The van der Waals surface area contributed by atoms with Crippen molar-refractivity contribution < 1.29 is 4.74 Å². The van der Waals surface area contributed by atoms with Crippen molar-refractivity contribution in [1.82, 2.24) is 0 Å². The van der Waals surface area contributed by atoms with Gasteiger partial charge in [0.1, 0.15) is 0 Å². The summed E-state index contributed by atoms with van der Waals surface area (Å²) in [7, 11) is 0. The molecule has 1 aliphatic heterocycles. The Morgan fingerprint density at radius 1 is 1.42 bits per heavy atom. The van der Waals surface area contributed by atoms with Gasteiger partial charge in [-0.15, -0.1) is 0 Å². The number of rotatable bonds is 1. The van der Waals surface area contributed by atoms with Crippen molar-refractivity contribution in [2.24, 2.45) is 0 Å². The first-order valence-corrected chi connectivity index (χ1v) is 4.59. The third-order valence-corrected chi connectivity index (χ3v) is 2.51. The Balaban J connectivity index is 2.44. The minimum absolute atomic E-state index is 0.819. The van der Waals surface area contributed by atoms with Crippen LogP contribution < -0.4 is 0 Å². The van der Waals surface area contributed by atoms with E-state index in [-0.39, 0.29) is 0 Å². The summed E-state index contributed by atoms with van der Waals surface area (Å²) in [4.78, 5) is 0. The van der Waals surface area contributed by atoms with E-state index in [1.165, 1.54) is 16.7 Å². The highest BCUT2D eigenvalue weighted by molar-refractivity contribution is 5.35. The fraction of sp³-hybridized carbons (Fsp3) is 0.455. The Bertz CT molecular complexity index is 264. The van der Waals surface area contributed by atoms with Crippen molar-refractivity contribution in [3.63, 3.8) is 0 Å². The van der Waals surface area contributed by atoms with E-state index in [1.807, 2.05) is 0 Å². The highest BCUT2D eigenvalue weighted by atomic mass is 16.5. The summed E-state index contributed by atoms with van der Waals surface area (Å²) in [5, 5.41) is 0. The number of benzene rings is 1. The van der Waals surface area contributed by atoms with Crippen molar-refractivity contribution in [2.45, 2.75) is 26.4 Å². The lowest BCUT2D eigenvalue weighted by Gasteiger charge is -2.18. The van der Waals surface area contributed by atoms with E-state index in [4.69, 9.17) is 4.74 Å². The van der Waals surface area contributed by atoms with Gasteiger partial charge in [-0.3, -0.25) is 0 Å². The summed E-state index contributed by atoms with van der Waals surface area (Å²) < 4.78 is 5.44. The van der Waals surface area contributed by atoms with Crippen LogP contribution >= 0.6 is 0 Å². The maximum Gasteiger partial charge on any atom is 0.0722 e. The molecule has 0 saturated heterocycles. The highest BCUT2D eigenvalue weighted by Gasteiger charge is 2.11. The predicted octanol–water partition coefficient (Wildman–Crippen LogP) is 2.32. The summed E-state index contributed by atoms with van der Waals surface area (Å²) in [6.07, 6.45) is 2.20. The Kier molecular flexibility index (Phi) is 2.13. The van der Waals surface area contributed by atoms with E-state index in [0.717, 1.165) is 26.1 Å². The van der Waals surface area contributed by atoms with Crippen LogP contribution in [0, 0.1) is 0 Å². The summed E-state index contributed by atoms with van der Waals surface area (Å²) in [6, 6.07) is 6.58. The number of aryl methyl sites for hydroxylation is 1. The van der Waals surface area contributed by atoms with Gasteiger partial charge in [0.05, 0.1) is 13.2 Å². The normalized spacial score (nSPS) is 15.8. The second kappa shape index (κ2) is 3.28. The van der Waals surface area contributed by atoms with Crippen molar-refractivity contribution in [1.29, 1.82) is 0 Å². The minimum atomic E-state index is 0.819. The lowest BCUT2D eigenvalue weighted by molar-refractivity contribution is 0.110. The SMILES string of the molecule is CCc1cccc2c1COCC2. The molecular weight excluding hydrogens is 148 g/mol. The number of fused-ring (bicyclic) bond motifs is 1. The molecule has 0 aromatic heterocycles. The first kappa shape index (κ1) is 7.81. The van der Waals surface area contributed by atoms with Gasteiger partial charge < -0.3 is 4.74 Å². The van der Waals surface area contributed by atoms with Crippen molar-refractivity contribution >= 4 is 0 Å². The maximum atomic E-state index is 5.44. The fourth-order valence-corrected chi connectivity index (χ4v) is 1.80. The van der Waals surface area contributed by atoms with Crippen LogP contribution in [-0.4, -0.2) is 6.61 Å². The molecule has 0 N–H and O–H groups in total. The molecule has 0 atom stereocenters. The minimum Gasteiger partial charge on any atom is -0.376 e. The summed E-state index contributed by atoms with van der Waals surface area (Å²) >= 11 is 0. The Labute approximate surface area is 73.4 Å². The molecule has 0 aliphatic carbocycles. The smallest absolute Gasteiger partial charge is 0.0722 e. The van der Waals surface area contributed by atoms with Crippen LogP contribution in [0.15, 0.2) is 18.2 Å². The van der Waals surface area contributed by atoms with Crippen molar-refractivity contribution in [3.8, 4) is 0 Å². The molecule has 1 aromatic rings. The van der Waals surface area contributed by atoms with Gasteiger partial charge >= 0.3 is 0 Å². The Hall–Kier alpha value is -0.820. The summed E-state index contributed by atoms with van der Waals surface area (Å²) in [5.74, 6) is 0. The van der Waals surface area contributed by atoms with Crippen LogP contribution in [0.1, 0.15) is 23.6 Å². The van der Waals surface area contributed by atoms with Crippen LogP contribution in [0.4, 0.5) is 0 Å². The molecule has 1 nitrogen and oxygen atoms in total. The van der Waals surface area contributed by atoms with Gasteiger partial charge in [-0.25, -0.2) is 0 Å². The van der Waals surface area contributed by atoms with Gasteiger partial charge in [0.2, 0.25) is 0 Å². The zero-order valence-corrected chi connectivity index (χ0v) is 7.47. The molecule has 0 fully saturated rings. The first-order valence-electron chi connectivity index (χ1n) is 4.59. The van der Waals surface area contributed by atoms with Crippen molar-refractivity contribution in [3.05, 3.63) is 34.9 Å². The largest absolute Gasteiger partial charge is 0.376 e. The van der Waals surface area contributed by atoms with E-state index in [9.17, 15) is 0 Å². The van der Waals surface area contributed by atoms with E-state index >= 15 is 0 Å². The van der Waals surface area contributed by atoms with Gasteiger partial charge in [-0.05, 0) is 29.5 Å². The standard InChI is InChI=1S/C11H14O/c1-2-9-4-3-5-10-6-7-12-8-11(9)10/h3-5H,2,6-8H2,1H3. The summed E-state index contributed by atoms with van der Waals surface area (Å²) in [6.45, 7) is 3.91. The molecule has 2 rings (SSSR count). The second-order valence-corrected chi connectivity index (χ2v) is 3.21. The van der Waals surface area contributed by atoms with Crippen LogP contribution in [0.25, 0.3) is 0 Å². The topological polar surface area (TPSA) is 9.23 Å². The molecule has 0 bridgehead atoms. The fourth-order valence-electron chi connectivity index (χ4n) is 1.80. The van der Waals surface area contributed by atoms with Crippen molar-refractivity contribution in [2.75, 3.05) is 6.61 Å². The van der Waals surface area contributed by atoms with Crippen LogP contribution in [0.5, 0.6) is 0 Å². The first-order chi connectivity index (χ1) is 5.92. The average Bonchev–Trinajstić information content (AvgIpc) is 2.17. The monoisotopic (exact) mass is 162 g/mol. The molecular formula is C11H14O. The molecule has 12 heavy (non-hydrogen) atoms. The molecule has 0 radical (unpaired) electrons. The predicted molar refractivity (Wildman–Crippen MR) is 49.2 cm³/mol. The molecule has 1 heteroatoms. The molecule has 0 amide bonds. The van der Waals surface area contributed by atoms with Crippen LogP contribution in [0.3, 0.4) is 0 Å². The number of hydrogen-bond donors (Lipinski definition) is 0. The van der Waals surface area contributed by atoms with Gasteiger partial charge in [-0.2, -0.15) is 0 Å². The quantitative estimate of drug-likeness (QED) is 0.615. The Morgan fingerprint density at radius 3 is 3.17 bits per heavy atom. The third kappa shape index (κ3) is 1.25. The molecule has 1 heterocycles. The zero-order chi connectivity index (χ0) is 8.39. The lowest BCUT2D eigenvalue weighted by Crippen LogP contribution is -2.11. The summed E-state index contributed by atoms with van der Waals surface area (Å²) in [5.41, 5.74) is 4.37. The lowest BCUT2D eigenvalue weighted by atomic mass is 9.97. The van der Waals surface area contributed by atoms with E-state index in [2.05, 4.69) is 25.1 Å². The van der Waals surface area contributed by atoms with E-state index < -0.39 is 0 Å². The van der Waals surface area contributed by atoms with Crippen LogP contribution in [0.2, 0.25) is 0 Å². The molecule has 64 valence electrons. The maximum absolute atomic E-state index is 5.44. The molecule has 0 saturated carbocycles. The third-order valence-electron chi connectivity index (χ3n) is 2.51. The molecule has 1 aromatic carbocycles. The van der Waals surface area contributed by atoms with Gasteiger partial charge in [0.15, 0.2) is 0 Å². The van der Waals surface area contributed by atoms with E-state index in [0.29, 0.717) is 0 Å². The Morgan fingerprint density at radius 2 is 2.33 bits per heavy atom. The number of hydrogen-bond acceptors (Lipinski definition) is 1. The molecule has 0 spiro atoms.